The summed E-state index contributed by atoms with van der Waals surface area (Å²) < 4.78 is 0. The molecule has 0 bridgehead atoms. The third-order valence-electron chi connectivity index (χ3n) is 7.52. The van der Waals surface area contributed by atoms with Gasteiger partial charge in [0.2, 0.25) is 0 Å². The van der Waals surface area contributed by atoms with E-state index in [1.165, 1.54) is 33.4 Å². The summed E-state index contributed by atoms with van der Waals surface area (Å²) in [6.07, 6.45) is 0. The van der Waals surface area contributed by atoms with Crippen LogP contribution in [0.5, 0.6) is 5.75 Å². The lowest BCUT2D eigenvalue weighted by Gasteiger charge is -2.13. The van der Waals surface area contributed by atoms with E-state index in [1.54, 1.807) is 24.3 Å². The number of rotatable bonds is 15. The molecule has 0 spiro atoms. The average Bonchev–Trinajstić information content (AvgIpc) is 3.09. The predicted octanol–water partition coefficient (Wildman–Crippen LogP) is 5.32. The number of hydrogen-bond acceptors (Lipinski definition) is 7. The molecule has 10 N–H and O–H groups in total. The van der Waals surface area contributed by atoms with Gasteiger partial charge in [-0.1, -0.05) is 109 Å². The summed E-state index contributed by atoms with van der Waals surface area (Å²) in [4.78, 5) is 0. The fraction of sp³-hybridized carbons (Fsp3) is 0.231. The van der Waals surface area contributed by atoms with E-state index in [0.29, 0.717) is 25.4 Å². The van der Waals surface area contributed by atoms with E-state index in [9.17, 15) is 0 Å². The van der Waals surface area contributed by atoms with E-state index in [4.69, 9.17) is 22.3 Å². The van der Waals surface area contributed by atoms with Crippen LogP contribution in [0.25, 0.3) is 0 Å². The minimum absolute atomic E-state index is 0.322. The zero-order chi connectivity index (χ0) is 32.4. The van der Waals surface area contributed by atoms with Crippen molar-refractivity contribution >= 4 is 0 Å². The maximum atomic E-state index is 8.63. The van der Waals surface area contributed by atoms with Gasteiger partial charge in [-0.3, -0.25) is 0 Å². The summed E-state index contributed by atoms with van der Waals surface area (Å²) in [5.74, 6) is 0.322. The van der Waals surface area contributed by atoms with Gasteiger partial charge in [-0.25, -0.2) is 0 Å². The summed E-state index contributed by atoms with van der Waals surface area (Å²) in [5.41, 5.74) is 28.5. The minimum atomic E-state index is 0.322. The highest BCUT2D eigenvalue weighted by atomic mass is 16.3. The highest BCUT2D eigenvalue weighted by molar-refractivity contribution is 5.31. The molecule has 0 unspecified atom stereocenters. The van der Waals surface area contributed by atoms with Crippen LogP contribution in [-0.4, -0.2) is 5.11 Å². The molecule has 0 aliphatic carbocycles. The molecule has 0 aliphatic rings. The zero-order valence-corrected chi connectivity index (χ0v) is 26.6. The van der Waals surface area contributed by atoms with Gasteiger partial charge in [0.1, 0.15) is 5.75 Å². The van der Waals surface area contributed by atoms with E-state index >= 15 is 0 Å². The first kappa shape index (κ1) is 34.5. The van der Waals surface area contributed by atoms with Crippen LogP contribution in [0.1, 0.15) is 50.1 Å². The van der Waals surface area contributed by atoms with Gasteiger partial charge < -0.3 is 38.3 Å². The molecule has 0 aliphatic heterocycles. The molecule has 7 nitrogen and oxygen atoms in total. The number of phenolic OH excluding ortho intramolecular Hbond substituents is 1. The fourth-order valence-corrected chi connectivity index (χ4v) is 5.23. The zero-order valence-electron chi connectivity index (χ0n) is 26.6. The number of hydrogen-bond donors (Lipinski definition) is 7. The smallest absolute Gasteiger partial charge is 0.115 e. The Morgan fingerprint density at radius 3 is 0.913 bits per heavy atom. The Labute approximate surface area is 273 Å². The number of benzene rings is 5. The molecule has 5 aromatic carbocycles. The van der Waals surface area contributed by atoms with Crippen molar-refractivity contribution in [2.75, 3.05) is 0 Å². The predicted molar refractivity (Wildman–Crippen MR) is 189 cm³/mol. The third kappa shape index (κ3) is 12.2. The number of phenols is 1. The van der Waals surface area contributed by atoms with Gasteiger partial charge in [0.05, 0.1) is 0 Å². The van der Waals surface area contributed by atoms with Crippen LogP contribution in [0.15, 0.2) is 121 Å². The van der Waals surface area contributed by atoms with Crippen LogP contribution in [0, 0.1) is 0 Å². The van der Waals surface area contributed by atoms with Crippen molar-refractivity contribution in [3.05, 3.63) is 171 Å². The second-order valence-electron chi connectivity index (χ2n) is 11.4. The number of aromatic hydroxyl groups is 1. The van der Waals surface area contributed by atoms with E-state index in [2.05, 4.69) is 107 Å². The van der Waals surface area contributed by atoms with Gasteiger partial charge in [0.15, 0.2) is 0 Å². The molecule has 0 heterocycles. The molecule has 46 heavy (non-hydrogen) atoms. The van der Waals surface area contributed by atoms with Crippen molar-refractivity contribution in [3.63, 3.8) is 0 Å². The Morgan fingerprint density at radius 2 is 0.630 bits per heavy atom. The van der Waals surface area contributed by atoms with Gasteiger partial charge in [-0.05, 0) is 62.2 Å². The Kier molecular flexibility index (Phi) is 14.4. The van der Waals surface area contributed by atoms with Crippen molar-refractivity contribution in [1.82, 2.24) is 16.0 Å². The number of nitrogens with two attached hydrogens (primary N) is 3. The normalized spacial score (nSPS) is 10.8. The first-order valence-electron chi connectivity index (χ1n) is 15.9. The van der Waals surface area contributed by atoms with Gasteiger partial charge >= 0.3 is 0 Å². The molecule has 7 heteroatoms. The van der Waals surface area contributed by atoms with Crippen LogP contribution in [0.4, 0.5) is 0 Å². The molecule has 0 saturated heterocycles. The lowest BCUT2D eigenvalue weighted by atomic mass is 10.0. The minimum Gasteiger partial charge on any atom is -0.508 e. The first-order chi connectivity index (χ1) is 22.5. The van der Waals surface area contributed by atoms with Gasteiger partial charge in [-0.2, -0.15) is 0 Å². The van der Waals surface area contributed by atoms with Crippen LogP contribution < -0.4 is 33.2 Å². The average molecular weight is 617 g/mol. The van der Waals surface area contributed by atoms with Crippen LogP contribution >= 0.6 is 0 Å². The summed E-state index contributed by atoms with van der Waals surface area (Å²) in [6.45, 7) is 6.49. The van der Waals surface area contributed by atoms with E-state index in [0.717, 1.165) is 56.0 Å². The Bertz CT molecular complexity index is 1430. The summed E-state index contributed by atoms with van der Waals surface area (Å²) in [6, 6.07) is 40.9. The maximum Gasteiger partial charge on any atom is 0.115 e. The largest absolute Gasteiger partial charge is 0.508 e. The molecule has 0 radical (unpaired) electrons. The van der Waals surface area contributed by atoms with E-state index in [1.807, 2.05) is 6.07 Å². The molecule has 0 fully saturated rings. The molecular formula is C39H48N6O. The van der Waals surface area contributed by atoms with Gasteiger partial charge in [0, 0.05) is 58.9 Å². The first-order valence-corrected chi connectivity index (χ1v) is 15.9. The Hall–Kier alpha value is -4.34. The molecule has 0 saturated carbocycles. The van der Waals surface area contributed by atoms with Crippen molar-refractivity contribution in [2.24, 2.45) is 17.2 Å². The molecule has 5 rings (SSSR count). The lowest BCUT2D eigenvalue weighted by Crippen LogP contribution is -2.17. The SMILES string of the molecule is NCc1cccc(CNCc2cc(CNCc3cccc(CN)c3)cc(CNCc3cccc(CN)c3)c2)c1.Oc1ccccc1. The van der Waals surface area contributed by atoms with E-state index in [-0.39, 0.29) is 0 Å². The van der Waals surface area contributed by atoms with Gasteiger partial charge in [0.25, 0.3) is 0 Å². The number of nitrogens with one attached hydrogen (secondary N) is 3. The van der Waals surface area contributed by atoms with Crippen LogP contribution in [0.3, 0.4) is 0 Å². The molecule has 240 valence electrons. The van der Waals surface area contributed by atoms with Crippen molar-refractivity contribution in [3.8, 4) is 5.75 Å². The summed E-state index contributed by atoms with van der Waals surface area (Å²) in [5, 5.41) is 19.5. The standard InChI is InChI=1S/C33H42N6.C6H6O/c34-16-25-4-1-7-28(10-25)19-37-22-31-13-32(23-38-20-29-8-2-5-26(11-29)17-35)15-33(14-31)24-39-21-30-9-3-6-27(12-30)18-36;7-6-4-2-1-3-5-6/h1-15,37-39H,16-24,34-36H2;1-5,7H. The molecular weight excluding hydrogens is 568 g/mol. The van der Waals surface area contributed by atoms with Crippen LogP contribution in [0.2, 0.25) is 0 Å². The van der Waals surface area contributed by atoms with Crippen molar-refractivity contribution in [2.45, 2.75) is 58.9 Å². The van der Waals surface area contributed by atoms with Crippen molar-refractivity contribution in [1.29, 1.82) is 0 Å². The topological polar surface area (TPSA) is 134 Å². The highest BCUT2D eigenvalue weighted by Gasteiger charge is 2.05. The van der Waals surface area contributed by atoms with E-state index < -0.39 is 0 Å². The van der Waals surface area contributed by atoms with Crippen molar-refractivity contribution < 1.29 is 5.11 Å². The van der Waals surface area contributed by atoms with Gasteiger partial charge in [-0.15, -0.1) is 0 Å². The number of para-hydroxylation sites is 1. The fourth-order valence-electron chi connectivity index (χ4n) is 5.23. The third-order valence-corrected chi connectivity index (χ3v) is 7.52. The quantitative estimate of drug-likeness (QED) is 0.0846. The van der Waals surface area contributed by atoms with Crippen LogP contribution in [-0.2, 0) is 58.9 Å². The maximum absolute atomic E-state index is 8.63. The highest BCUT2D eigenvalue weighted by Crippen LogP contribution is 2.14. The molecule has 0 aromatic heterocycles. The monoisotopic (exact) mass is 616 g/mol. The lowest BCUT2D eigenvalue weighted by molar-refractivity contribution is 0.475. The second kappa shape index (κ2) is 19.2. The molecule has 0 atom stereocenters. The Morgan fingerprint density at radius 1 is 0.348 bits per heavy atom. The molecule has 0 amide bonds. The molecule has 5 aromatic rings. The Balaban J connectivity index is 0.000000606. The second-order valence-corrected chi connectivity index (χ2v) is 11.4. The summed E-state index contributed by atoms with van der Waals surface area (Å²) >= 11 is 0. The summed E-state index contributed by atoms with van der Waals surface area (Å²) in [7, 11) is 0.